The molecule has 0 radical (unpaired) electrons. The van der Waals surface area contributed by atoms with Crippen molar-refractivity contribution in [3.63, 3.8) is 0 Å². The number of ether oxygens (including phenoxy) is 1. The third kappa shape index (κ3) is 3.16. The fraction of sp³-hybridized carbons (Fsp3) is 0.273. The highest BCUT2D eigenvalue weighted by Gasteiger charge is 2.43. The molecule has 4 aromatic rings. The smallest absolute Gasteiger partial charge is 0.290 e. The number of alkyl halides is 2. The highest BCUT2D eigenvalue weighted by molar-refractivity contribution is 6.28. The summed E-state index contributed by atoms with van der Waals surface area (Å²) in [5.41, 5.74) is 1.55. The van der Waals surface area contributed by atoms with Crippen LogP contribution >= 0.6 is 11.6 Å². The van der Waals surface area contributed by atoms with E-state index in [1.165, 1.54) is 0 Å². The molecule has 1 amide bonds. The third-order valence-electron chi connectivity index (χ3n) is 5.84. The Balaban J connectivity index is 1.44. The number of aromatic nitrogens is 3. The Morgan fingerprint density at radius 2 is 2.06 bits per heavy atom. The lowest BCUT2D eigenvalue weighted by atomic mass is 10.1. The molecular weight excluding hydrogens is 456 g/mol. The highest BCUT2D eigenvalue weighted by Crippen LogP contribution is 2.44. The van der Waals surface area contributed by atoms with Crippen molar-refractivity contribution in [3.05, 3.63) is 46.6 Å². The maximum Gasteiger partial charge on any atom is 0.290 e. The Kier molecular flexibility index (Phi) is 4.25. The van der Waals surface area contributed by atoms with Crippen molar-refractivity contribution in [2.45, 2.75) is 31.7 Å². The molecule has 11 heteroatoms. The van der Waals surface area contributed by atoms with E-state index in [2.05, 4.69) is 25.6 Å². The van der Waals surface area contributed by atoms with Crippen LogP contribution in [0.1, 0.15) is 35.2 Å². The van der Waals surface area contributed by atoms with E-state index < -0.39 is 11.6 Å². The first-order valence-electron chi connectivity index (χ1n) is 10.3. The average molecular weight is 472 g/mol. The van der Waals surface area contributed by atoms with E-state index in [0.29, 0.717) is 23.3 Å². The molecular formula is C22H16ClF2N5O3. The number of pyridine rings is 1. The van der Waals surface area contributed by atoms with Crippen LogP contribution in [0.3, 0.4) is 0 Å². The van der Waals surface area contributed by atoms with Gasteiger partial charge in [0.05, 0.1) is 16.6 Å². The number of halogens is 3. The van der Waals surface area contributed by atoms with Gasteiger partial charge in [0.2, 0.25) is 22.8 Å². The third-order valence-corrected chi connectivity index (χ3v) is 6.01. The van der Waals surface area contributed by atoms with Crippen LogP contribution in [0.15, 0.2) is 28.7 Å². The molecule has 0 saturated heterocycles. The van der Waals surface area contributed by atoms with Gasteiger partial charge in [-0.3, -0.25) is 4.79 Å². The Morgan fingerprint density at radius 1 is 1.21 bits per heavy atom. The quantitative estimate of drug-likeness (QED) is 0.405. The lowest BCUT2D eigenvalue weighted by molar-refractivity contribution is -0.00603. The number of carbonyl (C=O) groups excluding carboxylic acids is 1. The molecule has 1 aliphatic carbocycles. The van der Waals surface area contributed by atoms with E-state index in [1.54, 1.807) is 24.3 Å². The van der Waals surface area contributed by atoms with Crippen molar-refractivity contribution in [2.75, 3.05) is 11.9 Å². The molecule has 0 spiro atoms. The number of hydrogen-bond acceptors (Lipinski definition) is 7. The summed E-state index contributed by atoms with van der Waals surface area (Å²) >= 11 is 5.87. The maximum atomic E-state index is 14.1. The predicted octanol–water partition coefficient (Wildman–Crippen LogP) is 4.80. The SMILES string of the molecule is CC1CNc2c(oc3ccc4nc(Oc5nc(Cl)nc6c5CCC6(F)F)ccc4c23)C(=O)N1. The van der Waals surface area contributed by atoms with Crippen LogP contribution in [0.25, 0.3) is 21.9 Å². The zero-order valence-electron chi connectivity index (χ0n) is 17.2. The lowest BCUT2D eigenvalue weighted by Crippen LogP contribution is -2.34. The van der Waals surface area contributed by atoms with Crippen molar-refractivity contribution in [3.8, 4) is 11.8 Å². The second-order valence-corrected chi connectivity index (χ2v) is 8.49. The summed E-state index contributed by atoms with van der Waals surface area (Å²) in [5, 5.41) is 7.31. The van der Waals surface area contributed by atoms with Crippen molar-refractivity contribution in [2.24, 2.45) is 0 Å². The normalized spacial score (nSPS) is 19.0. The number of amides is 1. The van der Waals surface area contributed by atoms with Gasteiger partial charge in [-0.05, 0) is 43.1 Å². The molecule has 2 aliphatic rings. The summed E-state index contributed by atoms with van der Waals surface area (Å²) < 4.78 is 39.8. The monoisotopic (exact) mass is 471 g/mol. The van der Waals surface area contributed by atoms with Crippen molar-refractivity contribution < 1.29 is 22.7 Å². The van der Waals surface area contributed by atoms with Gasteiger partial charge >= 0.3 is 0 Å². The molecule has 4 heterocycles. The van der Waals surface area contributed by atoms with E-state index >= 15 is 0 Å². The van der Waals surface area contributed by atoms with E-state index in [-0.39, 0.29) is 53.2 Å². The Labute approximate surface area is 190 Å². The van der Waals surface area contributed by atoms with Crippen LogP contribution in [-0.4, -0.2) is 33.4 Å². The summed E-state index contributed by atoms with van der Waals surface area (Å²) in [6, 6.07) is 6.79. The summed E-state index contributed by atoms with van der Waals surface area (Å²) in [6.07, 6.45) is -0.294. The van der Waals surface area contributed by atoms with Gasteiger partial charge in [-0.15, -0.1) is 0 Å². The highest BCUT2D eigenvalue weighted by atomic mass is 35.5. The summed E-state index contributed by atoms with van der Waals surface area (Å²) in [5.74, 6) is -3.00. The number of fused-ring (bicyclic) bond motifs is 6. The maximum absolute atomic E-state index is 14.1. The molecule has 2 N–H and O–H groups in total. The van der Waals surface area contributed by atoms with Crippen molar-refractivity contribution in [1.29, 1.82) is 0 Å². The first-order valence-corrected chi connectivity index (χ1v) is 10.7. The molecule has 1 aliphatic heterocycles. The Bertz CT molecular complexity index is 1470. The number of benzene rings is 1. The van der Waals surface area contributed by atoms with Gasteiger partial charge in [0.25, 0.3) is 11.8 Å². The van der Waals surface area contributed by atoms with Gasteiger partial charge in [-0.1, -0.05) is 0 Å². The van der Waals surface area contributed by atoms with Crippen molar-refractivity contribution in [1.82, 2.24) is 20.3 Å². The molecule has 33 heavy (non-hydrogen) atoms. The second kappa shape index (κ2) is 6.98. The van der Waals surface area contributed by atoms with Gasteiger partial charge in [-0.2, -0.15) is 13.8 Å². The fourth-order valence-corrected chi connectivity index (χ4v) is 4.47. The van der Waals surface area contributed by atoms with Crippen LogP contribution in [0.5, 0.6) is 11.8 Å². The molecule has 8 nitrogen and oxygen atoms in total. The molecule has 1 aromatic carbocycles. The first kappa shape index (κ1) is 20.1. The molecule has 3 aromatic heterocycles. The molecule has 1 unspecified atom stereocenters. The number of rotatable bonds is 2. The minimum atomic E-state index is -3.07. The van der Waals surface area contributed by atoms with E-state index in [4.69, 9.17) is 20.8 Å². The van der Waals surface area contributed by atoms with Gasteiger partial charge in [-0.25, -0.2) is 9.97 Å². The zero-order valence-corrected chi connectivity index (χ0v) is 18.0. The standard InChI is InChI=1S/C22H16ClF2N5O3/c1-9-8-26-16-15-10-2-5-14(28-12(10)3-4-13(15)32-17(16)19(31)27-9)33-20-11-6-7-22(24,25)18(11)29-21(23)30-20/h2-5,9,26H,6-8H2,1H3,(H,27,31). The minimum Gasteiger partial charge on any atom is -0.449 e. The molecule has 0 fully saturated rings. The molecule has 168 valence electrons. The number of furan rings is 1. The van der Waals surface area contributed by atoms with Crippen LogP contribution in [-0.2, 0) is 12.3 Å². The zero-order chi connectivity index (χ0) is 22.9. The largest absolute Gasteiger partial charge is 0.449 e. The van der Waals surface area contributed by atoms with Crippen LogP contribution in [0, 0.1) is 0 Å². The topological polar surface area (TPSA) is 102 Å². The van der Waals surface area contributed by atoms with Gasteiger partial charge in [0.15, 0.2) is 0 Å². The van der Waals surface area contributed by atoms with E-state index in [9.17, 15) is 13.6 Å². The van der Waals surface area contributed by atoms with Crippen molar-refractivity contribution >= 4 is 45.1 Å². The minimum absolute atomic E-state index is 0.0281. The molecule has 1 atom stereocenters. The Morgan fingerprint density at radius 3 is 2.91 bits per heavy atom. The van der Waals surface area contributed by atoms with Crippen LogP contribution < -0.4 is 15.4 Å². The lowest BCUT2D eigenvalue weighted by Gasteiger charge is -2.12. The Hall–Kier alpha value is -3.53. The van der Waals surface area contributed by atoms with E-state index in [0.717, 1.165) is 10.8 Å². The number of anilines is 1. The second-order valence-electron chi connectivity index (χ2n) is 8.15. The van der Waals surface area contributed by atoms with Gasteiger partial charge in [0, 0.05) is 36.0 Å². The number of nitrogens with zero attached hydrogens (tertiary/aromatic N) is 3. The number of carbonyl (C=O) groups is 1. The van der Waals surface area contributed by atoms with Crippen LogP contribution in [0.2, 0.25) is 5.28 Å². The van der Waals surface area contributed by atoms with Gasteiger partial charge in [0.1, 0.15) is 11.3 Å². The van der Waals surface area contributed by atoms with Crippen LogP contribution in [0.4, 0.5) is 14.5 Å². The molecule has 0 bridgehead atoms. The summed E-state index contributed by atoms with van der Waals surface area (Å²) in [6.45, 7) is 2.44. The van der Waals surface area contributed by atoms with Gasteiger partial charge < -0.3 is 19.8 Å². The summed E-state index contributed by atoms with van der Waals surface area (Å²) in [4.78, 5) is 24.7. The summed E-state index contributed by atoms with van der Waals surface area (Å²) in [7, 11) is 0. The molecule has 0 saturated carbocycles. The first-order chi connectivity index (χ1) is 15.8. The fourth-order valence-electron chi connectivity index (χ4n) is 4.31. The molecule has 6 rings (SSSR count). The number of hydrogen-bond donors (Lipinski definition) is 2. The average Bonchev–Trinajstić information content (AvgIpc) is 3.25. The van der Waals surface area contributed by atoms with E-state index in [1.807, 2.05) is 6.92 Å². The number of nitrogens with one attached hydrogen (secondary N) is 2. The predicted molar refractivity (Wildman–Crippen MR) is 116 cm³/mol.